The van der Waals surface area contributed by atoms with Crippen LogP contribution in [0.4, 0.5) is 8.78 Å². The summed E-state index contributed by atoms with van der Waals surface area (Å²) in [7, 11) is 0. The van der Waals surface area contributed by atoms with Gasteiger partial charge in [0.2, 0.25) is 11.7 Å². The number of alkyl halides is 2. The van der Waals surface area contributed by atoms with Crippen molar-refractivity contribution >= 4 is 0 Å². The number of hydrogen-bond donors (Lipinski definition) is 1. The van der Waals surface area contributed by atoms with E-state index < -0.39 is 18.6 Å². The lowest BCUT2D eigenvalue weighted by atomic mass is 10.2. The van der Waals surface area contributed by atoms with Gasteiger partial charge in [0, 0.05) is 0 Å². The Bertz CT molecular complexity index is 355. The smallest absolute Gasteiger partial charge is 0.264 e. The molecule has 1 aromatic heterocycles. The highest BCUT2D eigenvalue weighted by atomic mass is 19.3. The molecule has 1 aliphatic heterocycles. The average Bonchev–Trinajstić information content (AvgIpc) is 2.78. The number of ether oxygens (including phenoxy) is 2. The largest absolute Gasteiger partial charge is 0.387 e. The van der Waals surface area contributed by atoms with Crippen molar-refractivity contribution in [3.63, 3.8) is 0 Å². The molecule has 17 heavy (non-hydrogen) atoms. The van der Waals surface area contributed by atoms with Crippen molar-refractivity contribution in [2.24, 2.45) is 0 Å². The van der Waals surface area contributed by atoms with Crippen molar-refractivity contribution in [2.75, 3.05) is 19.8 Å². The quantitative estimate of drug-likeness (QED) is 0.829. The fourth-order valence-corrected chi connectivity index (χ4v) is 1.39. The van der Waals surface area contributed by atoms with Gasteiger partial charge in [0.15, 0.2) is 0 Å². The van der Waals surface area contributed by atoms with Gasteiger partial charge in [-0.25, -0.2) is 8.78 Å². The molecule has 1 aromatic rings. The van der Waals surface area contributed by atoms with Gasteiger partial charge in [-0.2, -0.15) is 4.98 Å². The summed E-state index contributed by atoms with van der Waals surface area (Å²) in [6, 6.07) is 0. The molecule has 0 aliphatic carbocycles. The van der Waals surface area contributed by atoms with E-state index in [0.717, 1.165) is 0 Å². The Morgan fingerprint density at radius 3 is 2.88 bits per heavy atom. The first-order valence-corrected chi connectivity index (χ1v) is 5.15. The van der Waals surface area contributed by atoms with Crippen molar-refractivity contribution in [3.8, 4) is 0 Å². The first kappa shape index (κ1) is 12.3. The Balaban J connectivity index is 1.95. The first-order valence-electron chi connectivity index (χ1n) is 5.15. The van der Waals surface area contributed by atoms with Gasteiger partial charge in [0.1, 0.15) is 12.2 Å². The van der Waals surface area contributed by atoms with Crippen LogP contribution in [0.5, 0.6) is 0 Å². The van der Waals surface area contributed by atoms with Crippen LogP contribution in [0, 0.1) is 0 Å². The van der Waals surface area contributed by atoms with Gasteiger partial charge in [0.05, 0.1) is 26.2 Å². The summed E-state index contributed by atoms with van der Waals surface area (Å²) < 4.78 is 39.4. The van der Waals surface area contributed by atoms with Crippen molar-refractivity contribution in [2.45, 2.75) is 25.1 Å². The molecule has 96 valence electrons. The summed E-state index contributed by atoms with van der Waals surface area (Å²) in [5.74, 6) is 0.211. The molecule has 0 radical (unpaired) electrons. The Morgan fingerprint density at radius 1 is 1.41 bits per heavy atom. The van der Waals surface area contributed by atoms with Gasteiger partial charge in [-0.05, 0) is 0 Å². The van der Waals surface area contributed by atoms with Crippen LogP contribution < -0.4 is 0 Å². The van der Waals surface area contributed by atoms with Crippen molar-refractivity contribution < 1.29 is 27.9 Å². The third-order valence-electron chi connectivity index (χ3n) is 2.26. The van der Waals surface area contributed by atoms with Gasteiger partial charge in [-0.3, -0.25) is 0 Å². The molecule has 6 nitrogen and oxygen atoms in total. The van der Waals surface area contributed by atoms with E-state index in [2.05, 4.69) is 10.1 Å². The maximum absolute atomic E-state index is 12.1. The fraction of sp³-hybridized carbons (Fsp3) is 0.778. The molecule has 0 amide bonds. The topological polar surface area (TPSA) is 77.6 Å². The predicted molar refractivity (Wildman–Crippen MR) is 49.5 cm³/mol. The fourth-order valence-electron chi connectivity index (χ4n) is 1.39. The molecule has 1 saturated heterocycles. The van der Waals surface area contributed by atoms with Crippen LogP contribution in [0.3, 0.4) is 0 Å². The molecule has 0 saturated carbocycles. The number of aliphatic hydroxyl groups excluding tert-OH is 1. The highest BCUT2D eigenvalue weighted by Crippen LogP contribution is 2.18. The summed E-state index contributed by atoms with van der Waals surface area (Å²) >= 11 is 0. The second-order valence-corrected chi connectivity index (χ2v) is 3.59. The molecule has 8 heteroatoms. The highest BCUT2D eigenvalue weighted by molar-refractivity contribution is 4.93. The first-order chi connectivity index (χ1) is 8.16. The molecule has 2 unspecified atom stereocenters. The zero-order valence-corrected chi connectivity index (χ0v) is 8.88. The van der Waals surface area contributed by atoms with Crippen LogP contribution in [0.25, 0.3) is 0 Å². The molecular weight excluding hydrogens is 238 g/mol. The Kier molecular flexibility index (Phi) is 3.97. The predicted octanol–water partition coefficient (Wildman–Crippen LogP) is 0.326. The van der Waals surface area contributed by atoms with Crippen molar-refractivity contribution in [1.29, 1.82) is 0 Å². The number of aliphatic hydroxyl groups is 1. The molecule has 2 heterocycles. The third-order valence-corrected chi connectivity index (χ3v) is 2.26. The van der Waals surface area contributed by atoms with E-state index in [0.29, 0.717) is 19.8 Å². The highest BCUT2D eigenvalue weighted by Gasteiger charge is 2.25. The molecular formula is C9H12F2N2O4. The zero-order chi connectivity index (χ0) is 12.3. The minimum absolute atomic E-state index is 0.0398. The molecule has 1 aliphatic rings. The van der Waals surface area contributed by atoms with E-state index in [-0.39, 0.29) is 18.1 Å². The van der Waals surface area contributed by atoms with Crippen LogP contribution in [0.1, 0.15) is 17.8 Å². The number of aromatic nitrogens is 2. The average molecular weight is 250 g/mol. The van der Waals surface area contributed by atoms with E-state index in [1.807, 2.05) is 0 Å². The Hall–Kier alpha value is -1.12. The minimum Gasteiger partial charge on any atom is -0.387 e. The van der Waals surface area contributed by atoms with Crippen LogP contribution >= 0.6 is 0 Å². The lowest BCUT2D eigenvalue weighted by Gasteiger charge is -2.19. The number of hydrogen-bond acceptors (Lipinski definition) is 6. The van der Waals surface area contributed by atoms with Gasteiger partial charge in [-0.1, -0.05) is 5.16 Å². The second kappa shape index (κ2) is 5.48. The lowest BCUT2D eigenvalue weighted by Crippen LogP contribution is -2.23. The number of nitrogens with zero attached hydrogens (tertiary/aromatic N) is 2. The molecule has 0 spiro atoms. The van der Waals surface area contributed by atoms with E-state index in [1.54, 1.807) is 0 Å². The van der Waals surface area contributed by atoms with Gasteiger partial charge < -0.3 is 19.1 Å². The van der Waals surface area contributed by atoms with E-state index in [1.165, 1.54) is 0 Å². The van der Waals surface area contributed by atoms with Crippen LogP contribution in [0.15, 0.2) is 4.52 Å². The SMILES string of the molecule is OC(Cc1nc(C2COCCO2)no1)C(F)F. The summed E-state index contributed by atoms with van der Waals surface area (Å²) in [6.07, 6.45) is -5.45. The van der Waals surface area contributed by atoms with E-state index in [4.69, 9.17) is 19.1 Å². The molecule has 0 aromatic carbocycles. The van der Waals surface area contributed by atoms with E-state index >= 15 is 0 Å². The Labute approximate surface area is 95.5 Å². The molecule has 0 bridgehead atoms. The van der Waals surface area contributed by atoms with Gasteiger partial charge in [-0.15, -0.1) is 0 Å². The lowest BCUT2D eigenvalue weighted by molar-refractivity contribution is -0.0941. The number of rotatable bonds is 4. The van der Waals surface area contributed by atoms with Crippen LogP contribution in [-0.2, 0) is 15.9 Å². The maximum Gasteiger partial charge on any atom is 0.264 e. The van der Waals surface area contributed by atoms with Crippen LogP contribution in [-0.4, -0.2) is 47.6 Å². The van der Waals surface area contributed by atoms with Crippen molar-refractivity contribution in [1.82, 2.24) is 10.1 Å². The monoisotopic (exact) mass is 250 g/mol. The summed E-state index contributed by atoms with van der Waals surface area (Å²) in [5.41, 5.74) is 0. The second-order valence-electron chi connectivity index (χ2n) is 3.59. The van der Waals surface area contributed by atoms with Gasteiger partial charge in [0.25, 0.3) is 6.43 Å². The molecule has 1 N–H and O–H groups in total. The molecule has 2 atom stereocenters. The summed E-state index contributed by atoms with van der Waals surface area (Å²) in [4.78, 5) is 3.88. The third kappa shape index (κ3) is 3.18. The molecule has 1 fully saturated rings. The van der Waals surface area contributed by atoms with E-state index in [9.17, 15) is 8.78 Å². The summed E-state index contributed by atoms with van der Waals surface area (Å²) in [6.45, 7) is 1.23. The zero-order valence-electron chi connectivity index (χ0n) is 8.88. The van der Waals surface area contributed by atoms with Crippen LogP contribution in [0.2, 0.25) is 0 Å². The maximum atomic E-state index is 12.1. The standard InChI is InChI=1S/C9H12F2N2O4/c10-8(11)5(14)3-7-12-9(13-17-7)6-4-15-1-2-16-6/h5-6,8,14H,1-4H2. The molecule has 2 rings (SSSR count). The minimum atomic E-state index is -2.83. The summed E-state index contributed by atoms with van der Waals surface area (Å²) in [5, 5.41) is 12.6. The van der Waals surface area contributed by atoms with Crippen molar-refractivity contribution in [3.05, 3.63) is 11.7 Å². The normalized spacial score (nSPS) is 22.9. The Morgan fingerprint density at radius 2 is 2.24 bits per heavy atom. The number of halogens is 2. The van der Waals surface area contributed by atoms with Gasteiger partial charge >= 0.3 is 0 Å².